The number of nitrogens with one attached hydrogen (secondary N) is 2. The van der Waals surface area contributed by atoms with Crippen LogP contribution in [0, 0.1) is 0 Å². The summed E-state index contributed by atoms with van der Waals surface area (Å²) in [6.07, 6.45) is 0. The summed E-state index contributed by atoms with van der Waals surface area (Å²) >= 11 is 0. The third kappa shape index (κ3) is 3.27. The first-order valence-electron chi connectivity index (χ1n) is 8.74. The van der Waals surface area contributed by atoms with E-state index in [1.165, 1.54) is 19.2 Å². The Bertz CT molecular complexity index is 1260. The molecule has 0 bridgehead atoms. The molecule has 30 heavy (non-hydrogen) atoms. The summed E-state index contributed by atoms with van der Waals surface area (Å²) in [5.74, 6) is -1.80. The Labute approximate surface area is 171 Å². The van der Waals surface area contributed by atoms with Crippen LogP contribution in [0.3, 0.4) is 0 Å². The summed E-state index contributed by atoms with van der Waals surface area (Å²) in [5.41, 5.74) is 1.21. The molecule has 1 aliphatic rings. The van der Waals surface area contributed by atoms with Crippen molar-refractivity contribution in [2.45, 2.75) is 5.09 Å². The lowest BCUT2D eigenvalue weighted by atomic mass is 10.1. The van der Waals surface area contributed by atoms with E-state index in [0.717, 1.165) is 11.0 Å². The SMILES string of the molecule is CNS(=O)(=O)c1ccc(C(=O)Nc2cccc(N3C(=O)c4ccccc4C3=O)c2)o1. The molecule has 152 valence electrons. The first-order chi connectivity index (χ1) is 14.3. The number of imide groups is 1. The van der Waals surface area contributed by atoms with E-state index in [0.29, 0.717) is 16.8 Å². The number of carbonyl (C=O) groups is 3. The van der Waals surface area contributed by atoms with Crippen molar-refractivity contribution in [2.75, 3.05) is 17.3 Å². The molecule has 0 saturated heterocycles. The summed E-state index contributed by atoms with van der Waals surface area (Å²) < 4.78 is 30.7. The van der Waals surface area contributed by atoms with Crippen molar-refractivity contribution in [2.24, 2.45) is 0 Å². The van der Waals surface area contributed by atoms with Crippen LogP contribution in [-0.2, 0) is 10.0 Å². The van der Waals surface area contributed by atoms with Gasteiger partial charge >= 0.3 is 0 Å². The maximum absolute atomic E-state index is 12.6. The Kier molecular flexibility index (Phi) is 4.72. The minimum absolute atomic E-state index is 0.213. The molecule has 9 nitrogen and oxygen atoms in total. The zero-order valence-corrected chi connectivity index (χ0v) is 16.4. The molecule has 2 aromatic carbocycles. The van der Waals surface area contributed by atoms with Crippen LogP contribution in [-0.4, -0.2) is 33.2 Å². The van der Waals surface area contributed by atoms with E-state index in [1.54, 1.807) is 42.5 Å². The normalized spacial score (nSPS) is 13.4. The van der Waals surface area contributed by atoms with Crippen LogP contribution in [0.5, 0.6) is 0 Å². The second kappa shape index (κ2) is 7.25. The Morgan fingerprint density at radius 3 is 2.23 bits per heavy atom. The molecular formula is C20H15N3O6S. The molecule has 0 radical (unpaired) electrons. The van der Waals surface area contributed by atoms with Crippen LogP contribution in [0.1, 0.15) is 31.3 Å². The van der Waals surface area contributed by atoms with E-state index in [2.05, 4.69) is 10.0 Å². The molecule has 0 unspecified atom stereocenters. The van der Waals surface area contributed by atoms with Crippen molar-refractivity contribution < 1.29 is 27.2 Å². The van der Waals surface area contributed by atoms with Crippen molar-refractivity contribution in [3.05, 3.63) is 77.6 Å². The highest BCUT2D eigenvalue weighted by molar-refractivity contribution is 7.89. The van der Waals surface area contributed by atoms with Crippen LogP contribution in [0.2, 0.25) is 0 Å². The molecule has 0 fully saturated rings. The smallest absolute Gasteiger partial charge is 0.291 e. The lowest BCUT2D eigenvalue weighted by molar-refractivity contribution is 0.0924. The van der Waals surface area contributed by atoms with E-state index in [9.17, 15) is 22.8 Å². The highest BCUT2D eigenvalue weighted by Crippen LogP contribution is 2.30. The van der Waals surface area contributed by atoms with Gasteiger partial charge in [-0.1, -0.05) is 18.2 Å². The lowest BCUT2D eigenvalue weighted by Gasteiger charge is -2.15. The molecular weight excluding hydrogens is 410 g/mol. The summed E-state index contributed by atoms with van der Waals surface area (Å²) in [4.78, 5) is 38.7. The largest absolute Gasteiger partial charge is 0.438 e. The fourth-order valence-electron chi connectivity index (χ4n) is 3.03. The van der Waals surface area contributed by atoms with Crippen molar-refractivity contribution in [1.82, 2.24) is 4.72 Å². The van der Waals surface area contributed by atoms with Gasteiger partial charge in [0.1, 0.15) is 0 Å². The maximum atomic E-state index is 12.6. The number of fused-ring (bicyclic) bond motifs is 1. The van der Waals surface area contributed by atoms with Crippen LogP contribution in [0.15, 0.2) is 70.2 Å². The predicted octanol–water partition coefficient (Wildman–Crippen LogP) is 2.24. The number of hydrogen-bond acceptors (Lipinski definition) is 6. The Balaban J connectivity index is 1.57. The fraction of sp³-hybridized carbons (Fsp3) is 0.0500. The van der Waals surface area contributed by atoms with Gasteiger partial charge in [-0.2, -0.15) is 0 Å². The van der Waals surface area contributed by atoms with Crippen molar-refractivity contribution in [3.8, 4) is 0 Å². The van der Waals surface area contributed by atoms with Crippen LogP contribution in [0.4, 0.5) is 11.4 Å². The van der Waals surface area contributed by atoms with Gasteiger partial charge in [0.2, 0.25) is 5.09 Å². The highest BCUT2D eigenvalue weighted by atomic mass is 32.2. The van der Waals surface area contributed by atoms with Crippen molar-refractivity contribution >= 4 is 39.1 Å². The van der Waals surface area contributed by atoms with Gasteiger partial charge in [-0.15, -0.1) is 0 Å². The van der Waals surface area contributed by atoms with Gasteiger partial charge in [0.05, 0.1) is 16.8 Å². The first-order valence-corrected chi connectivity index (χ1v) is 10.2. The molecule has 4 rings (SSSR count). The molecule has 0 spiro atoms. The molecule has 10 heteroatoms. The number of benzene rings is 2. The van der Waals surface area contributed by atoms with Gasteiger partial charge in [-0.25, -0.2) is 18.0 Å². The van der Waals surface area contributed by atoms with Crippen molar-refractivity contribution in [1.29, 1.82) is 0 Å². The molecule has 2 N–H and O–H groups in total. The topological polar surface area (TPSA) is 126 Å². The van der Waals surface area contributed by atoms with E-state index in [-0.39, 0.29) is 11.4 Å². The third-order valence-corrected chi connectivity index (χ3v) is 5.78. The number of carbonyl (C=O) groups excluding carboxylic acids is 3. The minimum Gasteiger partial charge on any atom is -0.438 e. The van der Waals surface area contributed by atoms with E-state index in [4.69, 9.17) is 4.42 Å². The van der Waals surface area contributed by atoms with Gasteiger partial charge in [0.15, 0.2) is 5.76 Å². The van der Waals surface area contributed by atoms with Gasteiger partial charge in [-0.3, -0.25) is 14.4 Å². The Morgan fingerprint density at radius 1 is 0.933 bits per heavy atom. The van der Waals surface area contributed by atoms with Gasteiger partial charge in [-0.05, 0) is 49.5 Å². The average molecular weight is 425 g/mol. The number of anilines is 2. The summed E-state index contributed by atoms with van der Waals surface area (Å²) in [5, 5.41) is 2.16. The second-order valence-corrected chi connectivity index (χ2v) is 8.14. The maximum Gasteiger partial charge on any atom is 0.291 e. The first kappa shape index (κ1) is 19.6. The zero-order chi connectivity index (χ0) is 21.5. The van der Waals surface area contributed by atoms with E-state index in [1.807, 2.05) is 0 Å². The summed E-state index contributed by atoms with van der Waals surface area (Å²) in [6.45, 7) is 0. The standard InChI is InChI=1S/C20H15N3O6S/c1-21-30(27,28)17-10-9-16(29-17)18(24)22-12-5-4-6-13(11-12)23-19(25)14-7-2-3-8-15(14)20(23)26/h2-11,21H,1H3,(H,22,24). The zero-order valence-electron chi connectivity index (χ0n) is 15.6. The van der Waals surface area contributed by atoms with Crippen LogP contribution < -0.4 is 14.9 Å². The van der Waals surface area contributed by atoms with Gasteiger partial charge in [0.25, 0.3) is 27.7 Å². The number of hydrogen-bond donors (Lipinski definition) is 2. The highest BCUT2D eigenvalue weighted by Gasteiger charge is 2.36. The van der Waals surface area contributed by atoms with Crippen LogP contribution in [0.25, 0.3) is 0 Å². The van der Waals surface area contributed by atoms with E-state index >= 15 is 0 Å². The number of amides is 3. The monoisotopic (exact) mass is 425 g/mol. The molecule has 1 aromatic heterocycles. The minimum atomic E-state index is -3.82. The number of sulfonamides is 1. The molecule has 3 amide bonds. The molecule has 2 heterocycles. The summed E-state index contributed by atoms with van der Waals surface area (Å²) in [7, 11) is -2.59. The van der Waals surface area contributed by atoms with Gasteiger partial charge in [0, 0.05) is 5.69 Å². The lowest BCUT2D eigenvalue weighted by Crippen LogP contribution is -2.29. The van der Waals surface area contributed by atoms with Crippen molar-refractivity contribution in [3.63, 3.8) is 0 Å². The van der Waals surface area contributed by atoms with Gasteiger partial charge < -0.3 is 9.73 Å². The number of rotatable bonds is 5. The average Bonchev–Trinajstić information content (AvgIpc) is 3.33. The molecule has 3 aromatic rings. The summed E-state index contributed by atoms with van der Waals surface area (Å²) in [6, 6.07) is 15.1. The molecule has 1 aliphatic heterocycles. The molecule has 0 aliphatic carbocycles. The number of nitrogens with zero attached hydrogens (tertiary/aromatic N) is 1. The fourth-order valence-corrected chi connectivity index (χ4v) is 3.67. The molecule has 0 atom stereocenters. The Morgan fingerprint density at radius 2 is 1.60 bits per heavy atom. The molecule has 0 saturated carbocycles. The predicted molar refractivity (Wildman–Crippen MR) is 107 cm³/mol. The van der Waals surface area contributed by atoms with Crippen LogP contribution >= 0.6 is 0 Å². The Hall–Kier alpha value is -3.76. The quantitative estimate of drug-likeness (QED) is 0.604. The third-order valence-electron chi connectivity index (χ3n) is 4.50. The second-order valence-electron chi connectivity index (χ2n) is 6.32. The number of furan rings is 1. The van der Waals surface area contributed by atoms with E-state index < -0.39 is 32.8 Å².